The quantitative estimate of drug-likeness (QED) is 0.589. The summed E-state index contributed by atoms with van der Waals surface area (Å²) in [4.78, 5) is 0. The molecule has 0 aliphatic heterocycles. The maximum atomic E-state index is 5.78. The second kappa shape index (κ2) is 6.01. The molecule has 0 aromatic rings. The minimum atomic E-state index is 0.373. The molecule has 0 spiro atoms. The summed E-state index contributed by atoms with van der Waals surface area (Å²) in [7, 11) is 0. The van der Waals surface area contributed by atoms with E-state index in [-0.39, 0.29) is 0 Å². The Bertz CT molecular complexity index is 157. The molecule has 0 aromatic carbocycles. The fraction of sp³-hybridized carbons (Fsp3) is 0.636. The van der Waals surface area contributed by atoms with E-state index in [4.69, 9.17) is 5.73 Å². The van der Waals surface area contributed by atoms with Crippen molar-refractivity contribution in [2.45, 2.75) is 46.6 Å². The zero-order valence-electron chi connectivity index (χ0n) is 8.72. The molecule has 0 aromatic heterocycles. The third kappa shape index (κ3) is 2.82. The van der Waals surface area contributed by atoms with Gasteiger partial charge in [-0.1, -0.05) is 26.0 Å². The third-order valence-electron chi connectivity index (χ3n) is 2.07. The molecule has 1 saturated carbocycles. The molecule has 0 amide bonds. The smallest absolute Gasteiger partial charge is 0.0120 e. The number of rotatable bonds is 0. The van der Waals surface area contributed by atoms with Gasteiger partial charge in [0.2, 0.25) is 0 Å². The van der Waals surface area contributed by atoms with Crippen molar-refractivity contribution in [2.24, 2.45) is 5.73 Å². The number of nitrogens with two attached hydrogens (primary N) is 1. The van der Waals surface area contributed by atoms with Crippen LogP contribution in [0.5, 0.6) is 0 Å². The Morgan fingerprint density at radius 2 is 1.42 bits per heavy atom. The van der Waals surface area contributed by atoms with Gasteiger partial charge in [0.05, 0.1) is 0 Å². The van der Waals surface area contributed by atoms with Gasteiger partial charge in [0.25, 0.3) is 0 Å². The van der Waals surface area contributed by atoms with Crippen LogP contribution in [0.25, 0.3) is 0 Å². The highest BCUT2D eigenvalue weighted by atomic mass is 14.6. The number of hydrogen-bond donors (Lipinski definition) is 1. The fourth-order valence-corrected chi connectivity index (χ4v) is 1.51. The van der Waals surface area contributed by atoms with Gasteiger partial charge in [0.1, 0.15) is 0 Å². The van der Waals surface area contributed by atoms with Crippen LogP contribution >= 0.6 is 0 Å². The highest BCUT2D eigenvalue weighted by Gasteiger charge is 2.18. The monoisotopic (exact) mass is 167 g/mol. The molecular formula is C11H21N. The molecule has 1 rings (SSSR count). The molecular weight excluding hydrogens is 146 g/mol. The van der Waals surface area contributed by atoms with Crippen molar-refractivity contribution in [3.05, 3.63) is 23.3 Å². The highest BCUT2D eigenvalue weighted by molar-refractivity contribution is 5.36. The standard InChI is InChI=1S/C9H15N.C2H6/c1-3-7-5-9(10)6-8(7)4-2;1-2/h3-4,9H,5-6,10H2,1-2H3;1-2H3/b7-3-,8-4-;. The van der Waals surface area contributed by atoms with Crippen molar-refractivity contribution in [3.8, 4) is 0 Å². The summed E-state index contributed by atoms with van der Waals surface area (Å²) in [5, 5.41) is 0. The molecule has 0 heterocycles. The van der Waals surface area contributed by atoms with E-state index in [1.54, 1.807) is 0 Å². The van der Waals surface area contributed by atoms with E-state index in [0.717, 1.165) is 12.8 Å². The van der Waals surface area contributed by atoms with E-state index in [2.05, 4.69) is 26.0 Å². The molecule has 12 heavy (non-hydrogen) atoms. The molecule has 0 unspecified atom stereocenters. The van der Waals surface area contributed by atoms with Crippen LogP contribution in [0.2, 0.25) is 0 Å². The highest BCUT2D eigenvalue weighted by Crippen LogP contribution is 2.28. The van der Waals surface area contributed by atoms with Crippen LogP contribution in [-0.2, 0) is 0 Å². The van der Waals surface area contributed by atoms with E-state index in [1.807, 2.05) is 13.8 Å². The molecule has 1 aliphatic carbocycles. The summed E-state index contributed by atoms with van der Waals surface area (Å²) in [5.74, 6) is 0. The Hall–Kier alpha value is -0.560. The maximum Gasteiger partial charge on any atom is 0.0120 e. The molecule has 1 aliphatic rings. The molecule has 0 atom stereocenters. The molecule has 1 nitrogen and oxygen atoms in total. The van der Waals surface area contributed by atoms with Gasteiger partial charge in [0.15, 0.2) is 0 Å². The predicted octanol–water partition coefficient (Wildman–Crippen LogP) is 3.03. The SMILES string of the molecule is C/C=C1/CC(N)C/C1=C/C.CC. The van der Waals surface area contributed by atoms with Crippen molar-refractivity contribution in [3.63, 3.8) is 0 Å². The van der Waals surface area contributed by atoms with Crippen molar-refractivity contribution in [1.29, 1.82) is 0 Å². The Morgan fingerprint density at radius 1 is 1.08 bits per heavy atom. The average molecular weight is 167 g/mol. The Labute approximate surface area is 76.3 Å². The lowest BCUT2D eigenvalue weighted by Gasteiger charge is -1.94. The molecule has 0 radical (unpaired) electrons. The van der Waals surface area contributed by atoms with Crippen LogP contribution in [0.4, 0.5) is 0 Å². The maximum absolute atomic E-state index is 5.78. The molecule has 0 saturated heterocycles. The minimum absolute atomic E-state index is 0.373. The van der Waals surface area contributed by atoms with Crippen LogP contribution in [0.15, 0.2) is 23.3 Å². The molecule has 0 bridgehead atoms. The molecule has 2 N–H and O–H groups in total. The van der Waals surface area contributed by atoms with E-state index in [1.165, 1.54) is 11.1 Å². The second-order valence-electron chi connectivity index (χ2n) is 2.80. The van der Waals surface area contributed by atoms with Crippen molar-refractivity contribution >= 4 is 0 Å². The van der Waals surface area contributed by atoms with Gasteiger partial charge < -0.3 is 5.73 Å². The summed E-state index contributed by atoms with van der Waals surface area (Å²) >= 11 is 0. The van der Waals surface area contributed by atoms with E-state index in [0.29, 0.717) is 6.04 Å². The second-order valence-corrected chi connectivity index (χ2v) is 2.80. The Morgan fingerprint density at radius 3 is 1.67 bits per heavy atom. The van der Waals surface area contributed by atoms with Gasteiger partial charge in [0, 0.05) is 6.04 Å². The largest absolute Gasteiger partial charge is 0.327 e. The first-order valence-corrected chi connectivity index (χ1v) is 4.84. The summed E-state index contributed by atoms with van der Waals surface area (Å²) in [6.45, 7) is 8.16. The lowest BCUT2D eigenvalue weighted by molar-refractivity contribution is 0.734. The summed E-state index contributed by atoms with van der Waals surface area (Å²) in [6.07, 6.45) is 6.47. The molecule has 1 heteroatoms. The summed E-state index contributed by atoms with van der Waals surface area (Å²) in [5.41, 5.74) is 8.66. The van der Waals surface area contributed by atoms with E-state index >= 15 is 0 Å². The van der Waals surface area contributed by atoms with Crippen LogP contribution in [0.3, 0.4) is 0 Å². The van der Waals surface area contributed by atoms with Gasteiger partial charge in [-0.05, 0) is 37.8 Å². The fourth-order valence-electron chi connectivity index (χ4n) is 1.51. The van der Waals surface area contributed by atoms with Gasteiger partial charge in [-0.25, -0.2) is 0 Å². The van der Waals surface area contributed by atoms with Gasteiger partial charge in [-0.15, -0.1) is 0 Å². The van der Waals surface area contributed by atoms with Crippen molar-refractivity contribution in [2.75, 3.05) is 0 Å². The van der Waals surface area contributed by atoms with Crippen LogP contribution < -0.4 is 5.73 Å². The van der Waals surface area contributed by atoms with E-state index < -0.39 is 0 Å². The third-order valence-corrected chi connectivity index (χ3v) is 2.07. The van der Waals surface area contributed by atoms with Crippen LogP contribution in [0.1, 0.15) is 40.5 Å². The number of hydrogen-bond acceptors (Lipinski definition) is 1. The van der Waals surface area contributed by atoms with Crippen molar-refractivity contribution < 1.29 is 0 Å². The lowest BCUT2D eigenvalue weighted by atomic mass is 10.1. The Kier molecular flexibility index (Phi) is 5.73. The van der Waals surface area contributed by atoms with Gasteiger partial charge in [-0.3, -0.25) is 0 Å². The zero-order valence-corrected chi connectivity index (χ0v) is 8.72. The first kappa shape index (κ1) is 11.4. The van der Waals surface area contributed by atoms with E-state index in [9.17, 15) is 0 Å². The van der Waals surface area contributed by atoms with Gasteiger partial charge >= 0.3 is 0 Å². The molecule has 70 valence electrons. The van der Waals surface area contributed by atoms with Crippen molar-refractivity contribution in [1.82, 2.24) is 0 Å². The van der Waals surface area contributed by atoms with Crippen LogP contribution in [-0.4, -0.2) is 6.04 Å². The first-order valence-electron chi connectivity index (χ1n) is 4.84. The van der Waals surface area contributed by atoms with Crippen LogP contribution in [0, 0.1) is 0 Å². The topological polar surface area (TPSA) is 26.0 Å². The Balaban J connectivity index is 0.000000561. The minimum Gasteiger partial charge on any atom is -0.327 e. The predicted molar refractivity (Wildman–Crippen MR) is 56.1 cm³/mol. The number of allylic oxidation sites excluding steroid dienone is 2. The first-order chi connectivity index (χ1) is 5.77. The van der Waals surface area contributed by atoms with Gasteiger partial charge in [-0.2, -0.15) is 0 Å². The molecule has 1 fully saturated rings. The zero-order chi connectivity index (χ0) is 9.56. The summed E-state index contributed by atoms with van der Waals surface area (Å²) in [6, 6.07) is 0.373. The normalized spacial score (nSPS) is 24.4. The average Bonchev–Trinajstić information content (AvgIpc) is 2.49. The summed E-state index contributed by atoms with van der Waals surface area (Å²) < 4.78 is 0. The lowest BCUT2D eigenvalue weighted by Crippen LogP contribution is -2.13.